The smallest absolute Gasteiger partial charge is 0.283 e. The van der Waals surface area contributed by atoms with Gasteiger partial charge in [-0.15, -0.1) is 0 Å². The molecule has 0 radical (unpaired) electrons. The zero-order chi connectivity index (χ0) is 21.6. The largest absolute Gasteiger partial charge is 0.506 e. The minimum Gasteiger partial charge on any atom is -0.506 e. The molecule has 3 aromatic rings. The summed E-state index contributed by atoms with van der Waals surface area (Å²) in [7, 11) is -5.11. The van der Waals surface area contributed by atoms with Gasteiger partial charge < -0.3 is 10.2 Å². The molecule has 152 valence electrons. The molecule has 10 heteroatoms. The maximum atomic E-state index is 13.0. The molecule has 0 saturated carbocycles. The van der Waals surface area contributed by atoms with Crippen molar-refractivity contribution in [1.82, 2.24) is 0 Å². The van der Waals surface area contributed by atoms with Crippen LogP contribution < -0.4 is 0 Å². The second-order valence-corrected chi connectivity index (χ2v) is 9.25. The number of halogens is 4. The van der Waals surface area contributed by atoms with Gasteiger partial charge in [-0.25, -0.2) is 0 Å². The highest BCUT2D eigenvalue weighted by Gasteiger charge is 2.52. The summed E-state index contributed by atoms with van der Waals surface area (Å²) in [6, 6.07) is 12.0. The lowest BCUT2D eigenvalue weighted by Crippen LogP contribution is -2.39. The van der Waals surface area contributed by atoms with Gasteiger partial charge in [-0.3, -0.25) is 4.55 Å². The molecule has 0 aromatic heterocycles. The molecule has 5 nitrogen and oxygen atoms in total. The Hall–Kier alpha value is -1.67. The van der Waals surface area contributed by atoms with E-state index in [2.05, 4.69) is 0 Å². The molecule has 0 amide bonds. The van der Waals surface area contributed by atoms with Crippen molar-refractivity contribution in [2.45, 2.75) is 4.75 Å². The molecule has 0 spiro atoms. The van der Waals surface area contributed by atoms with Crippen molar-refractivity contribution in [2.75, 3.05) is 0 Å². The zero-order valence-corrected chi connectivity index (χ0v) is 18.1. The summed E-state index contributed by atoms with van der Waals surface area (Å²) in [5, 5.41) is 20.1. The van der Waals surface area contributed by atoms with Crippen LogP contribution in [-0.4, -0.2) is 23.2 Å². The molecule has 29 heavy (non-hydrogen) atoms. The molecule has 0 aliphatic carbocycles. The second kappa shape index (κ2) is 7.87. The highest BCUT2D eigenvalue weighted by atomic mass is 35.5. The van der Waals surface area contributed by atoms with Gasteiger partial charge in [0.15, 0.2) is 4.75 Å². The van der Waals surface area contributed by atoms with Gasteiger partial charge >= 0.3 is 0 Å². The van der Waals surface area contributed by atoms with Gasteiger partial charge in [0.2, 0.25) is 0 Å². The number of aromatic hydroxyl groups is 2. The van der Waals surface area contributed by atoms with Crippen LogP contribution in [0.1, 0.15) is 16.7 Å². The van der Waals surface area contributed by atoms with Crippen molar-refractivity contribution in [3.8, 4) is 11.5 Å². The first kappa shape index (κ1) is 22.0. The molecule has 0 saturated heterocycles. The van der Waals surface area contributed by atoms with E-state index in [1.807, 2.05) is 0 Å². The van der Waals surface area contributed by atoms with E-state index in [-0.39, 0.29) is 26.7 Å². The first-order valence-corrected chi connectivity index (χ1v) is 10.9. The van der Waals surface area contributed by atoms with E-state index in [1.165, 1.54) is 42.5 Å². The van der Waals surface area contributed by atoms with E-state index >= 15 is 0 Å². The van der Waals surface area contributed by atoms with Crippen LogP contribution in [0.15, 0.2) is 54.6 Å². The fourth-order valence-corrected chi connectivity index (χ4v) is 5.65. The summed E-state index contributed by atoms with van der Waals surface area (Å²) in [5.74, 6) is -1.26. The van der Waals surface area contributed by atoms with E-state index in [9.17, 15) is 23.2 Å². The first-order valence-electron chi connectivity index (χ1n) is 7.90. The molecule has 0 bridgehead atoms. The number of rotatable bonds is 4. The minimum absolute atomic E-state index is 0.0172. The number of hydrogen-bond donors (Lipinski definition) is 3. The third kappa shape index (κ3) is 3.54. The lowest BCUT2D eigenvalue weighted by molar-refractivity contribution is 0.431. The highest BCUT2D eigenvalue weighted by molar-refractivity contribution is 7.87. The van der Waals surface area contributed by atoms with Crippen molar-refractivity contribution in [3.63, 3.8) is 0 Å². The molecule has 3 rings (SSSR count). The zero-order valence-electron chi connectivity index (χ0n) is 14.3. The maximum Gasteiger partial charge on any atom is 0.283 e. The second-order valence-electron chi connectivity index (χ2n) is 6.05. The number of benzene rings is 3. The average molecular weight is 494 g/mol. The Bertz CT molecular complexity index is 1180. The van der Waals surface area contributed by atoms with Gasteiger partial charge in [0.05, 0.1) is 0 Å². The lowest BCUT2D eigenvalue weighted by atomic mass is 9.83. The van der Waals surface area contributed by atoms with Crippen LogP contribution in [0.25, 0.3) is 0 Å². The molecule has 0 aliphatic heterocycles. The molecular weight excluding hydrogens is 482 g/mol. The van der Waals surface area contributed by atoms with Gasteiger partial charge in [0.25, 0.3) is 10.1 Å². The summed E-state index contributed by atoms with van der Waals surface area (Å²) in [4.78, 5) is 0. The lowest BCUT2D eigenvalue weighted by Gasteiger charge is -2.34. The Balaban J connectivity index is 2.63. The summed E-state index contributed by atoms with van der Waals surface area (Å²) < 4.78 is 34.0. The monoisotopic (exact) mass is 492 g/mol. The Morgan fingerprint density at radius 1 is 0.793 bits per heavy atom. The molecular formula is C19H12Cl4O5S. The summed E-state index contributed by atoms with van der Waals surface area (Å²) in [5.41, 5.74) is -0.582. The Labute approximate surface area is 186 Å². The van der Waals surface area contributed by atoms with Gasteiger partial charge in [0, 0.05) is 26.2 Å². The average Bonchev–Trinajstić information content (AvgIpc) is 2.64. The van der Waals surface area contributed by atoms with E-state index in [0.29, 0.717) is 5.02 Å². The van der Waals surface area contributed by atoms with Crippen molar-refractivity contribution in [1.29, 1.82) is 0 Å². The van der Waals surface area contributed by atoms with Crippen LogP contribution in [0.5, 0.6) is 11.5 Å². The Morgan fingerprint density at radius 2 is 1.34 bits per heavy atom. The number of hydrogen-bond acceptors (Lipinski definition) is 4. The van der Waals surface area contributed by atoms with Gasteiger partial charge in [0.1, 0.15) is 16.5 Å². The van der Waals surface area contributed by atoms with Crippen molar-refractivity contribution in [2.24, 2.45) is 0 Å². The summed E-state index contributed by atoms with van der Waals surface area (Å²) >= 11 is 24.5. The fourth-order valence-electron chi connectivity index (χ4n) is 3.21. The summed E-state index contributed by atoms with van der Waals surface area (Å²) in [6.07, 6.45) is 0. The fraction of sp³-hybridized carbons (Fsp3) is 0.0526. The minimum atomic E-state index is -5.11. The third-order valence-electron chi connectivity index (χ3n) is 4.43. The molecule has 0 heterocycles. The van der Waals surface area contributed by atoms with E-state index in [4.69, 9.17) is 46.4 Å². The molecule has 0 aliphatic rings. The van der Waals surface area contributed by atoms with E-state index in [0.717, 1.165) is 12.1 Å². The van der Waals surface area contributed by atoms with Gasteiger partial charge in [-0.2, -0.15) is 8.42 Å². The van der Waals surface area contributed by atoms with Crippen molar-refractivity contribution in [3.05, 3.63) is 91.4 Å². The summed E-state index contributed by atoms with van der Waals surface area (Å²) in [6.45, 7) is 0. The van der Waals surface area contributed by atoms with Crippen molar-refractivity contribution >= 4 is 56.5 Å². The van der Waals surface area contributed by atoms with Crippen LogP contribution in [0.3, 0.4) is 0 Å². The van der Waals surface area contributed by atoms with Crippen LogP contribution in [0.2, 0.25) is 20.1 Å². The quantitative estimate of drug-likeness (QED) is 0.311. The Morgan fingerprint density at radius 3 is 1.86 bits per heavy atom. The molecule has 3 aromatic carbocycles. The molecule has 3 N–H and O–H groups in total. The van der Waals surface area contributed by atoms with Crippen molar-refractivity contribution < 1.29 is 23.2 Å². The number of phenolic OH excluding ortho intramolecular Hbond substituents is 2. The normalized spacial score (nSPS) is 13.8. The van der Waals surface area contributed by atoms with Crippen LogP contribution in [-0.2, 0) is 14.9 Å². The van der Waals surface area contributed by atoms with Crippen LogP contribution in [0, 0.1) is 0 Å². The van der Waals surface area contributed by atoms with Gasteiger partial charge in [-0.05, 0) is 42.0 Å². The predicted molar refractivity (Wildman–Crippen MR) is 114 cm³/mol. The SMILES string of the molecule is O=S(=O)(O)C(c1ccc(Cl)cc1)(c1ccc(O)c(Cl)c1O)c1c(Cl)cccc1Cl. The highest BCUT2D eigenvalue weighted by Crippen LogP contribution is 2.53. The number of phenols is 2. The predicted octanol–water partition coefficient (Wildman–Crippen LogP) is 5.89. The first-order chi connectivity index (χ1) is 13.5. The van der Waals surface area contributed by atoms with E-state index < -0.39 is 31.4 Å². The van der Waals surface area contributed by atoms with Crippen LogP contribution >= 0.6 is 46.4 Å². The molecule has 0 fully saturated rings. The third-order valence-corrected chi connectivity index (χ3v) is 7.12. The molecule has 1 unspecified atom stereocenters. The van der Waals surface area contributed by atoms with Crippen LogP contribution in [0.4, 0.5) is 0 Å². The maximum absolute atomic E-state index is 13.0. The Kier molecular flexibility index (Phi) is 5.98. The standard InChI is InChI=1S/C19H12Cl4O5S/c20-11-6-4-10(5-7-11)19(29(26,27)28,16-13(21)2-1-3-14(16)22)12-8-9-15(24)17(23)18(12)25/h1-9,24-25H,(H,26,27,28). The van der Waals surface area contributed by atoms with E-state index in [1.54, 1.807) is 0 Å². The van der Waals surface area contributed by atoms with Gasteiger partial charge in [-0.1, -0.05) is 64.6 Å². The topological polar surface area (TPSA) is 94.8 Å². The molecule has 1 atom stereocenters.